The van der Waals surface area contributed by atoms with E-state index >= 15 is 0 Å². The number of anilines is 1. The Morgan fingerprint density at radius 1 is 1.21 bits per heavy atom. The molecule has 39 heavy (non-hydrogen) atoms. The number of ether oxygens (including phenoxy) is 2. The number of hydrogen-bond acceptors (Lipinski definition) is 6. The van der Waals surface area contributed by atoms with Gasteiger partial charge in [0.25, 0.3) is 11.8 Å². The van der Waals surface area contributed by atoms with Crippen molar-refractivity contribution in [3.63, 3.8) is 0 Å². The molecule has 0 aromatic heterocycles. The lowest BCUT2D eigenvalue weighted by molar-refractivity contribution is -0.125. The minimum absolute atomic E-state index is 0.0749. The SMILES string of the molecule is CCCNCCN1C(=O)[C@@H](C)Oc2cc(CC)c(C(=O)N(C(C)C)[C@@H]3CCCN(C(=O)OC(C)(C)C)C3)cc21. The summed E-state index contributed by atoms with van der Waals surface area (Å²) in [5.74, 6) is 0.441. The first kappa shape index (κ1) is 30.7. The highest BCUT2D eigenvalue weighted by Crippen LogP contribution is 2.38. The van der Waals surface area contributed by atoms with Crippen LogP contribution in [0.4, 0.5) is 10.5 Å². The molecule has 2 aliphatic rings. The number of fused-ring (bicyclic) bond motifs is 1. The Balaban J connectivity index is 1.92. The van der Waals surface area contributed by atoms with Crippen LogP contribution in [-0.4, -0.2) is 84.2 Å². The van der Waals surface area contributed by atoms with Crippen molar-refractivity contribution in [2.75, 3.05) is 37.6 Å². The van der Waals surface area contributed by atoms with Crippen LogP contribution >= 0.6 is 0 Å². The molecule has 9 heteroatoms. The predicted molar refractivity (Wildman–Crippen MR) is 154 cm³/mol. The zero-order valence-electron chi connectivity index (χ0n) is 25.1. The van der Waals surface area contributed by atoms with Crippen LogP contribution in [0.5, 0.6) is 5.75 Å². The quantitative estimate of drug-likeness (QED) is 0.457. The highest BCUT2D eigenvalue weighted by Gasteiger charge is 2.37. The molecule has 1 aromatic rings. The van der Waals surface area contributed by atoms with Gasteiger partial charge in [-0.05, 0) is 91.5 Å². The van der Waals surface area contributed by atoms with Crippen LogP contribution in [0, 0.1) is 0 Å². The monoisotopic (exact) mass is 544 g/mol. The molecule has 9 nitrogen and oxygen atoms in total. The summed E-state index contributed by atoms with van der Waals surface area (Å²) in [6, 6.07) is 3.55. The Hall–Kier alpha value is -2.81. The highest BCUT2D eigenvalue weighted by molar-refractivity contribution is 6.03. The molecular weight excluding hydrogens is 496 g/mol. The van der Waals surface area contributed by atoms with Gasteiger partial charge in [0, 0.05) is 37.8 Å². The van der Waals surface area contributed by atoms with Gasteiger partial charge in [0.05, 0.1) is 11.7 Å². The number of nitrogens with zero attached hydrogens (tertiary/aromatic N) is 3. The third-order valence-corrected chi connectivity index (χ3v) is 7.18. The van der Waals surface area contributed by atoms with Crippen molar-refractivity contribution in [1.82, 2.24) is 15.1 Å². The van der Waals surface area contributed by atoms with Crippen LogP contribution in [0.25, 0.3) is 0 Å². The summed E-state index contributed by atoms with van der Waals surface area (Å²) in [4.78, 5) is 45.5. The first-order valence-electron chi connectivity index (χ1n) is 14.5. The van der Waals surface area contributed by atoms with E-state index in [1.54, 1.807) is 16.7 Å². The van der Waals surface area contributed by atoms with Crippen molar-refractivity contribution in [3.05, 3.63) is 23.3 Å². The lowest BCUT2D eigenvalue weighted by Crippen LogP contribution is -2.54. The molecule has 1 aromatic carbocycles. The first-order valence-corrected chi connectivity index (χ1v) is 14.5. The molecule has 2 atom stereocenters. The van der Waals surface area contributed by atoms with Gasteiger partial charge in [0.15, 0.2) is 6.10 Å². The third kappa shape index (κ3) is 7.44. The molecule has 3 amide bonds. The lowest BCUT2D eigenvalue weighted by Gasteiger charge is -2.42. The zero-order valence-corrected chi connectivity index (χ0v) is 25.1. The lowest BCUT2D eigenvalue weighted by atomic mass is 9.97. The van der Waals surface area contributed by atoms with Gasteiger partial charge >= 0.3 is 6.09 Å². The summed E-state index contributed by atoms with van der Waals surface area (Å²) >= 11 is 0. The van der Waals surface area contributed by atoms with Gasteiger partial charge in [-0.3, -0.25) is 9.59 Å². The Morgan fingerprint density at radius 3 is 2.54 bits per heavy atom. The van der Waals surface area contributed by atoms with E-state index in [9.17, 15) is 14.4 Å². The number of piperidine rings is 1. The Kier molecular flexibility index (Phi) is 10.3. The van der Waals surface area contributed by atoms with E-state index < -0.39 is 11.7 Å². The van der Waals surface area contributed by atoms with Crippen molar-refractivity contribution < 1.29 is 23.9 Å². The maximum atomic E-state index is 14.2. The second kappa shape index (κ2) is 13.0. The summed E-state index contributed by atoms with van der Waals surface area (Å²) in [6.07, 6.45) is 2.35. The van der Waals surface area contributed by atoms with Gasteiger partial charge < -0.3 is 29.5 Å². The molecule has 1 fully saturated rings. The van der Waals surface area contributed by atoms with Crippen LogP contribution < -0.4 is 15.0 Å². The summed E-state index contributed by atoms with van der Waals surface area (Å²) in [5, 5.41) is 3.36. The molecule has 1 saturated heterocycles. The fourth-order valence-corrected chi connectivity index (χ4v) is 5.34. The zero-order chi connectivity index (χ0) is 28.9. The average Bonchev–Trinajstić information content (AvgIpc) is 2.87. The summed E-state index contributed by atoms with van der Waals surface area (Å²) in [5.41, 5.74) is 1.53. The number of carbonyl (C=O) groups excluding carboxylic acids is 3. The van der Waals surface area contributed by atoms with Crippen molar-refractivity contribution in [1.29, 1.82) is 0 Å². The molecule has 1 N–H and O–H groups in total. The molecule has 0 unspecified atom stereocenters. The molecule has 0 radical (unpaired) electrons. The second-order valence-electron chi connectivity index (χ2n) is 11.9. The van der Waals surface area contributed by atoms with Gasteiger partial charge in [-0.2, -0.15) is 0 Å². The number of nitrogens with one attached hydrogen (secondary N) is 1. The minimum Gasteiger partial charge on any atom is -0.479 e. The minimum atomic E-state index is -0.580. The first-order chi connectivity index (χ1) is 18.4. The highest BCUT2D eigenvalue weighted by atomic mass is 16.6. The van der Waals surface area contributed by atoms with Crippen LogP contribution in [0.3, 0.4) is 0 Å². The van der Waals surface area contributed by atoms with Crippen molar-refractivity contribution >= 4 is 23.6 Å². The number of aryl methyl sites for hydroxylation is 1. The van der Waals surface area contributed by atoms with Crippen LogP contribution in [0.15, 0.2) is 12.1 Å². The second-order valence-corrected chi connectivity index (χ2v) is 11.9. The smallest absolute Gasteiger partial charge is 0.410 e. The summed E-state index contributed by atoms with van der Waals surface area (Å²) < 4.78 is 11.6. The standard InChI is InChI=1S/C30H48N4O5/c1-9-13-31-14-16-33-25-18-24(22(10-2)17-26(25)38-21(5)27(33)35)28(36)34(20(3)4)23-12-11-15-32(19-23)29(37)39-30(6,7)8/h17-18,20-21,23,31H,9-16,19H2,1-8H3/t21-,23-/m1/s1. The number of rotatable bonds is 9. The van der Waals surface area contributed by atoms with E-state index in [0.29, 0.717) is 49.6 Å². The molecule has 218 valence electrons. The molecule has 2 heterocycles. The maximum Gasteiger partial charge on any atom is 0.410 e. The maximum absolute atomic E-state index is 14.2. The van der Waals surface area contributed by atoms with Crippen molar-refractivity contribution in [2.45, 2.75) is 105 Å². The molecule has 0 saturated carbocycles. The van der Waals surface area contributed by atoms with Crippen LogP contribution in [0.1, 0.15) is 90.6 Å². The number of amides is 3. The Morgan fingerprint density at radius 2 is 1.92 bits per heavy atom. The molecule has 0 bridgehead atoms. The number of hydrogen-bond donors (Lipinski definition) is 1. The third-order valence-electron chi connectivity index (χ3n) is 7.18. The predicted octanol–water partition coefficient (Wildman–Crippen LogP) is 4.61. The normalized spacial score (nSPS) is 19.6. The molecular formula is C30H48N4O5. The molecule has 3 rings (SSSR count). The number of likely N-dealkylation sites (tertiary alicyclic amines) is 1. The van der Waals surface area contributed by atoms with Crippen LogP contribution in [0.2, 0.25) is 0 Å². The van der Waals surface area contributed by atoms with Gasteiger partial charge in [0.2, 0.25) is 0 Å². The topological polar surface area (TPSA) is 91.4 Å². The largest absolute Gasteiger partial charge is 0.479 e. The number of benzene rings is 1. The van der Waals surface area contributed by atoms with E-state index in [-0.39, 0.29) is 30.0 Å². The molecule has 0 aliphatic carbocycles. The Bertz CT molecular complexity index is 1030. The summed E-state index contributed by atoms with van der Waals surface area (Å²) in [6.45, 7) is 18.6. The Labute approximate surface area is 234 Å². The fourth-order valence-electron chi connectivity index (χ4n) is 5.34. The molecule has 0 spiro atoms. The fraction of sp³-hybridized carbons (Fsp3) is 0.700. The van der Waals surface area contributed by atoms with E-state index in [2.05, 4.69) is 12.2 Å². The average molecular weight is 545 g/mol. The van der Waals surface area contributed by atoms with E-state index in [1.807, 2.05) is 58.6 Å². The van der Waals surface area contributed by atoms with E-state index in [1.165, 1.54) is 0 Å². The van der Waals surface area contributed by atoms with Gasteiger partial charge in [-0.15, -0.1) is 0 Å². The van der Waals surface area contributed by atoms with Gasteiger partial charge in [0.1, 0.15) is 11.4 Å². The summed E-state index contributed by atoms with van der Waals surface area (Å²) in [7, 11) is 0. The van der Waals surface area contributed by atoms with Crippen molar-refractivity contribution in [3.8, 4) is 5.75 Å². The molecule has 2 aliphatic heterocycles. The van der Waals surface area contributed by atoms with Gasteiger partial charge in [-0.1, -0.05) is 13.8 Å². The van der Waals surface area contributed by atoms with Crippen LogP contribution in [-0.2, 0) is 16.0 Å². The van der Waals surface area contributed by atoms with E-state index in [4.69, 9.17) is 9.47 Å². The van der Waals surface area contributed by atoms with Crippen molar-refractivity contribution in [2.24, 2.45) is 0 Å². The van der Waals surface area contributed by atoms with Gasteiger partial charge in [-0.25, -0.2) is 4.79 Å². The van der Waals surface area contributed by atoms with E-state index in [0.717, 1.165) is 31.4 Å². The number of carbonyl (C=O) groups is 3.